The van der Waals surface area contributed by atoms with E-state index in [4.69, 9.17) is 4.74 Å². The molecule has 4 heteroatoms. The maximum Gasteiger partial charge on any atom is 0.133 e. The third kappa shape index (κ3) is 2.24. The summed E-state index contributed by atoms with van der Waals surface area (Å²) in [5, 5.41) is 12.7. The van der Waals surface area contributed by atoms with Gasteiger partial charge in [0, 0.05) is 12.5 Å². The van der Waals surface area contributed by atoms with Crippen LogP contribution in [0.4, 0.5) is 0 Å². The van der Waals surface area contributed by atoms with Crippen LogP contribution in [0.3, 0.4) is 0 Å². The lowest BCUT2D eigenvalue weighted by molar-refractivity contribution is 0.263. The number of benzene rings is 1. The number of halogens is 1. The van der Waals surface area contributed by atoms with E-state index in [1.165, 1.54) is 11.1 Å². The van der Waals surface area contributed by atoms with Gasteiger partial charge in [0.15, 0.2) is 0 Å². The molecule has 3 nitrogen and oxygen atoms in total. The van der Waals surface area contributed by atoms with Gasteiger partial charge in [-0.1, -0.05) is 0 Å². The highest BCUT2D eigenvalue weighted by atomic mass is 79.9. The highest BCUT2D eigenvalue weighted by molar-refractivity contribution is 9.10. The van der Waals surface area contributed by atoms with E-state index in [0.717, 1.165) is 29.7 Å². The average Bonchev–Trinajstić information content (AvgIpc) is 2.49. The molecular formula is C12H16BrNO2. The summed E-state index contributed by atoms with van der Waals surface area (Å²) in [6.45, 7) is 1.97. The van der Waals surface area contributed by atoms with Gasteiger partial charge in [-0.3, -0.25) is 0 Å². The van der Waals surface area contributed by atoms with Crippen molar-refractivity contribution < 1.29 is 9.84 Å². The minimum atomic E-state index is 0.179. The first-order chi connectivity index (χ1) is 7.76. The maximum absolute atomic E-state index is 9.39. The molecule has 0 saturated heterocycles. The van der Waals surface area contributed by atoms with Crippen molar-refractivity contribution in [2.45, 2.75) is 12.3 Å². The Bertz CT molecular complexity index is 382. The number of nitrogens with one attached hydrogen (secondary N) is 1. The summed E-state index contributed by atoms with van der Waals surface area (Å²) >= 11 is 3.49. The molecule has 0 radical (unpaired) electrons. The molecule has 0 bridgehead atoms. The fraction of sp³-hybridized carbons (Fsp3) is 0.500. The van der Waals surface area contributed by atoms with E-state index in [0.29, 0.717) is 0 Å². The maximum atomic E-state index is 9.39. The minimum absolute atomic E-state index is 0.179. The van der Waals surface area contributed by atoms with Crippen LogP contribution >= 0.6 is 15.9 Å². The third-order valence-electron chi connectivity index (χ3n) is 3.04. The molecule has 1 aliphatic rings. The van der Waals surface area contributed by atoms with Gasteiger partial charge in [0.05, 0.1) is 18.2 Å². The number of fused-ring (bicyclic) bond motifs is 1. The lowest BCUT2D eigenvalue weighted by Gasteiger charge is -2.16. The van der Waals surface area contributed by atoms with E-state index in [1.807, 2.05) is 0 Å². The van der Waals surface area contributed by atoms with Gasteiger partial charge in [-0.2, -0.15) is 0 Å². The van der Waals surface area contributed by atoms with Gasteiger partial charge in [-0.05, 0) is 52.2 Å². The predicted molar refractivity (Wildman–Crippen MR) is 67.1 cm³/mol. The molecule has 2 rings (SSSR count). The van der Waals surface area contributed by atoms with E-state index >= 15 is 0 Å². The number of ether oxygens (including phenoxy) is 1. The summed E-state index contributed by atoms with van der Waals surface area (Å²) < 4.78 is 6.24. The molecular weight excluding hydrogens is 270 g/mol. The molecule has 16 heavy (non-hydrogen) atoms. The fourth-order valence-electron chi connectivity index (χ4n) is 2.14. The van der Waals surface area contributed by atoms with Gasteiger partial charge in [-0.15, -0.1) is 0 Å². The molecule has 1 atom stereocenters. The Labute approximate surface area is 104 Å². The number of hydrogen-bond acceptors (Lipinski definition) is 3. The fourth-order valence-corrected chi connectivity index (χ4v) is 2.66. The highest BCUT2D eigenvalue weighted by Gasteiger charge is 2.19. The lowest BCUT2D eigenvalue weighted by atomic mass is 9.94. The zero-order chi connectivity index (χ0) is 11.5. The van der Waals surface area contributed by atoms with E-state index in [1.54, 1.807) is 7.11 Å². The van der Waals surface area contributed by atoms with Crippen LogP contribution in [-0.4, -0.2) is 31.9 Å². The molecule has 0 saturated carbocycles. The summed E-state index contributed by atoms with van der Waals surface area (Å²) in [7, 11) is 1.67. The molecule has 88 valence electrons. The van der Waals surface area contributed by atoms with Gasteiger partial charge in [-0.25, -0.2) is 0 Å². The van der Waals surface area contributed by atoms with Crippen LogP contribution in [-0.2, 0) is 6.42 Å². The molecule has 0 fully saturated rings. The Kier molecular flexibility index (Phi) is 3.84. The molecule has 1 aromatic carbocycles. The van der Waals surface area contributed by atoms with Crippen LogP contribution in [0, 0.1) is 0 Å². The van der Waals surface area contributed by atoms with Crippen molar-refractivity contribution in [3.63, 3.8) is 0 Å². The van der Waals surface area contributed by atoms with Crippen LogP contribution in [0.15, 0.2) is 16.6 Å². The third-order valence-corrected chi connectivity index (χ3v) is 3.66. The smallest absolute Gasteiger partial charge is 0.133 e. The topological polar surface area (TPSA) is 41.5 Å². The van der Waals surface area contributed by atoms with Crippen molar-refractivity contribution in [3.05, 3.63) is 27.7 Å². The first kappa shape index (κ1) is 11.9. The second-order valence-corrected chi connectivity index (χ2v) is 4.87. The molecule has 1 aliphatic heterocycles. The standard InChI is InChI=1S/C12H16BrNO2/c1-16-12-4-8-2-3-14-6-9(7-15)10(8)5-11(12)13/h4-5,9,14-15H,2-3,6-7H2,1H3/t9-/m0/s1. The second kappa shape index (κ2) is 5.17. The number of rotatable bonds is 2. The molecule has 1 heterocycles. The Balaban J connectivity index is 2.45. The SMILES string of the molecule is COc1cc2c(cc1Br)[C@H](CO)CNCC2. The van der Waals surface area contributed by atoms with Crippen LogP contribution < -0.4 is 10.1 Å². The predicted octanol–water partition coefficient (Wildman–Crippen LogP) is 1.68. The highest BCUT2D eigenvalue weighted by Crippen LogP contribution is 2.33. The van der Waals surface area contributed by atoms with E-state index < -0.39 is 0 Å². The Morgan fingerprint density at radius 1 is 1.56 bits per heavy atom. The van der Waals surface area contributed by atoms with Crippen LogP contribution in [0.25, 0.3) is 0 Å². The molecule has 0 aliphatic carbocycles. The molecule has 0 amide bonds. The summed E-state index contributed by atoms with van der Waals surface area (Å²) in [4.78, 5) is 0. The van der Waals surface area contributed by atoms with Gasteiger partial charge in [0.1, 0.15) is 5.75 Å². The van der Waals surface area contributed by atoms with Crippen molar-refractivity contribution in [2.24, 2.45) is 0 Å². The summed E-state index contributed by atoms with van der Waals surface area (Å²) in [5.41, 5.74) is 2.49. The van der Waals surface area contributed by atoms with Crippen molar-refractivity contribution in [2.75, 3.05) is 26.8 Å². The van der Waals surface area contributed by atoms with Gasteiger partial charge < -0.3 is 15.2 Å². The first-order valence-electron chi connectivity index (χ1n) is 5.44. The van der Waals surface area contributed by atoms with Crippen LogP contribution in [0.2, 0.25) is 0 Å². The number of methoxy groups -OCH3 is 1. The van der Waals surface area contributed by atoms with Crippen molar-refractivity contribution >= 4 is 15.9 Å². The minimum Gasteiger partial charge on any atom is -0.496 e. The molecule has 0 unspecified atom stereocenters. The first-order valence-corrected chi connectivity index (χ1v) is 6.23. The quantitative estimate of drug-likeness (QED) is 0.869. The zero-order valence-electron chi connectivity index (χ0n) is 9.29. The number of hydrogen-bond donors (Lipinski definition) is 2. The average molecular weight is 286 g/mol. The van der Waals surface area contributed by atoms with Gasteiger partial charge in [0.25, 0.3) is 0 Å². The monoisotopic (exact) mass is 285 g/mol. The van der Waals surface area contributed by atoms with Gasteiger partial charge >= 0.3 is 0 Å². The van der Waals surface area contributed by atoms with Crippen molar-refractivity contribution in [1.29, 1.82) is 0 Å². The zero-order valence-corrected chi connectivity index (χ0v) is 10.9. The van der Waals surface area contributed by atoms with E-state index in [9.17, 15) is 5.11 Å². The van der Waals surface area contributed by atoms with Crippen molar-refractivity contribution in [3.8, 4) is 5.75 Å². The van der Waals surface area contributed by atoms with Crippen molar-refractivity contribution in [1.82, 2.24) is 5.32 Å². The molecule has 1 aromatic rings. The van der Waals surface area contributed by atoms with Crippen LogP contribution in [0.5, 0.6) is 5.75 Å². The lowest BCUT2D eigenvalue weighted by Crippen LogP contribution is -2.22. The molecule has 2 N–H and O–H groups in total. The normalized spacial score (nSPS) is 20.1. The summed E-state index contributed by atoms with van der Waals surface area (Å²) in [5.74, 6) is 1.04. The summed E-state index contributed by atoms with van der Waals surface area (Å²) in [6, 6.07) is 4.14. The second-order valence-electron chi connectivity index (χ2n) is 4.02. The Hall–Kier alpha value is -0.580. The molecule has 0 spiro atoms. The van der Waals surface area contributed by atoms with E-state index in [2.05, 4.69) is 33.4 Å². The number of aliphatic hydroxyl groups is 1. The van der Waals surface area contributed by atoms with Gasteiger partial charge in [0.2, 0.25) is 0 Å². The van der Waals surface area contributed by atoms with E-state index in [-0.39, 0.29) is 12.5 Å². The molecule has 0 aromatic heterocycles. The Morgan fingerprint density at radius 2 is 2.38 bits per heavy atom. The van der Waals surface area contributed by atoms with Crippen LogP contribution in [0.1, 0.15) is 17.0 Å². The number of aliphatic hydroxyl groups excluding tert-OH is 1. The summed E-state index contributed by atoms with van der Waals surface area (Å²) in [6.07, 6.45) is 0.982. The Morgan fingerprint density at radius 3 is 3.06 bits per heavy atom. The largest absolute Gasteiger partial charge is 0.496 e.